The topological polar surface area (TPSA) is 41.5 Å². The van der Waals surface area contributed by atoms with Gasteiger partial charge in [-0.15, -0.1) is 0 Å². The first-order valence-electron chi connectivity index (χ1n) is 5.38. The van der Waals surface area contributed by atoms with E-state index in [-0.39, 0.29) is 17.8 Å². The zero-order valence-corrected chi connectivity index (χ0v) is 9.08. The summed E-state index contributed by atoms with van der Waals surface area (Å²) in [6.45, 7) is 2.77. The molecule has 0 spiro atoms. The summed E-state index contributed by atoms with van der Waals surface area (Å²) >= 11 is 0. The van der Waals surface area contributed by atoms with E-state index in [1.165, 1.54) is 12.1 Å². The van der Waals surface area contributed by atoms with Crippen molar-refractivity contribution < 1.29 is 14.2 Å². The molecule has 0 amide bonds. The van der Waals surface area contributed by atoms with Gasteiger partial charge in [0.1, 0.15) is 5.82 Å². The lowest BCUT2D eigenvalue weighted by molar-refractivity contribution is -0.134. The third-order valence-corrected chi connectivity index (χ3v) is 2.89. The summed E-state index contributed by atoms with van der Waals surface area (Å²) in [7, 11) is 0. The second-order valence-electron chi connectivity index (χ2n) is 4.38. The van der Waals surface area contributed by atoms with Gasteiger partial charge in [-0.1, -0.05) is 12.1 Å². The van der Waals surface area contributed by atoms with Crippen LogP contribution in [0.3, 0.4) is 0 Å². The highest BCUT2D eigenvalue weighted by Crippen LogP contribution is 2.25. The van der Waals surface area contributed by atoms with E-state index in [4.69, 9.17) is 4.74 Å². The van der Waals surface area contributed by atoms with Gasteiger partial charge in [-0.3, -0.25) is 0 Å². The molecule has 0 radical (unpaired) electrons. The average Bonchev–Trinajstić information content (AvgIpc) is 2.25. The number of nitrogens with one attached hydrogen (secondary N) is 1. The van der Waals surface area contributed by atoms with Gasteiger partial charge < -0.3 is 15.2 Å². The lowest BCUT2D eigenvalue weighted by atomic mass is 9.87. The summed E-state index contributed by atoms with van der Waals surface area (Å²) in [6, 6.07) is 6.41. The van der Waals surface area contributed by atoms with Gasteiger partial charge in [0.05, 0.1) is 25.2 Å². The van der Waals surface area contributed by atoms with Crippen LogP contribution in [-0.4, -0.2) is 31.5 Å². The lowest BCUT2D eigenvalue weighted by Gasteiger charge is -2.40. The Balaban J connectivity index is 1.77. The maximum absolute atomic E-state index is 12.6. The fourth-order valence-corrected chi connectivity index (χ4v) is 1.71. The standard InChI is InChI=1S/C12H16FNO2/c13-11-3-1-10(2-4-11)5-14-6-12(7-15)8-16-9-12/h1-4,14-15H,5-9H2. The predicted octanol–water partition coefficient (Wildman–Crippen LogP) is 0.924. The van der Waals surface area contributed by atoms with Crippen molar-refractivity contribution in [2.24, 2.45) is 5.41 Å². The highest BCUT2D eigenvalue weighted by molar-refractivity contribution is 5.15. The number of aliphatic hydroxyl groups excluding tert-OH is 1. The number of halogens is 1. The van der Waals surface area contributed by atoms with Gasteiger partial charge in [0.25, 0.3) is 0 Å². The molecule has 4 heteroatoms. The Labute approximate surface area is 94.2 Å². The Morgan fingerprint density at radius 1 is 1.31 bits per heavy atom. The van der Waals surface area contributed by atoms with E-state index in [9.17, 15) is 9.50 Å². The van der Waals surface area contributed by atoms with Crippen LogP contribution in [0.4, 0.5) is 4.39 Å². The summed E-state index contributed by atoms with van der Waals surface area (Å²) in [4.78, 5) is 0. The minimum atomic E-state index is -0.219. The lowest BCUT2D eigenvalue weighted by Crippen LogP contribution is -2.52. The van der Waals surface area contributed by atoms with Crippen molar-refractivity contribution in [2.75, 3.05) is 26.4 Å². The first-order chi connectivity index (χ1) is 7.74. The van der Waals surface area contributed by atoms with E-state index in [1.54, 1.807) is 12.1 Å². The molecule has 0 aliphatic carbocycles. The summed E-state index contributed by atoms with van der Waals surface area (Å²) in [5.74, 6) is -0.219. The maximum atomic E-state index is 12.6. The van der Waals surface area contributed by atoms with Crippen molar-refractivity contribution >= 4 is 0 Å². The molecule has 0 aromatic heterocycles. The molecule has 3 nitrogen and oxygen atoms in total. The average molecular weight is 225 g/mol. The maximum Gasteiger partial charge on any atom is 0.123 e. The fourth-order valence-electron chi connectivity index (χ4n) is 1.71. The van der Waals surface area contributed by atoms with Crippen LogP contribution in [0.15, 0.2) is 24.3 Å². The first kappa shape index (κ1) is 11.5. The van der Waals surface area contributed by atoms with Crippen LogP contribution in [0, 0.1) is 11.2 Å². The van der Waals surface area contributed by atoms with E-state index in [0.717, 1.165) is 12.1 Å². The molecule has 16 heavy (non-hydrogen) atoms. The van der Waals surface area contributed by atoms with Crippen LogP contribution in [0.1, 0.15) is 5.56 Å². The van der Waals surface area contributed by atoms with Gasteiger partial charge in [-0.05, 0) is 17.7 Å². The molecule has 2 rings (SSSR count). The molecule has 1 aromatic carbocycles. The predicted molar refractivity (Wildman–Crippen MR) is 58.4 cm³/mol. The Morgan fingerprint density at radius 3 is 2.50 bits per heavy atom. The minimum absolute atomic E-state index is 0.111. The van der Waals surface area contributed by atoms with Crippen LogP contribution in [0.5, 0.6) is 0 Å². The molecule has 1 heterocycles. The largest absolute Gasteiger partial charge is 0.396 e. The van der Waals surface area contributed by atoms with Gasteiger partial charge in [-0.25, -0.2) is 4.39 Å². The Kier molecular flexibility index (Phi) is 3.53. The van der Waals surface area contributed by atoms with Gasteiger partial charge >= 0.3 is 0 Å². The molecule has 0 atom stereocenters. The van der Waals surface area contributed by atoms with Crippen LogP contribution < -0.4 is 5.32 Å². The smallest absolute Gasteiger partial charge is 0.123 e. The summed E-state index contributed by atoms with van der Waals surface area (Å²) in [5.41, 5.74) is 0.926. The van der Waals surface area contributed by atoms with Gasteiger partial charge in [0.15, 0.2) is 0 Å². The second-order valence-corrected chi connectivity index (χ2v) is 4.38. The molecule has 0 unspecified atom stereocenters. The van der Waals surface area contributed by atoms with E-state index in [2.05, 4.69) is 5.32 Å². The quantitative estimate of drug-likeness (QED) is 0.783. The van der Waals surface area contributed by atoms with Crippen molar-refractivity contribution in [1.82, 2.24) is 5.32 Å². The molecular formula is C12H16FNO2. The molecule has 88 valence electrons. The molecule has 1 aromatic rings. The zero-order valence-electron chi connectivity index (χ0n) is 9.08. The van der Waals surface area contributed by atoms with E-state index < -0.39 is 0 Å². The van der Waals surface area contributed by atoms with Crippen LogP contribution in [0.25, 0.3) is 0 Å². The summed E-state index contributed by atoms with van der Waals surface area (Å²) in [6.07, 6.45) is 0. The molecule has 2 N–H and O–H groups in total. The number of benzene rings is 1. The zero-order chi connectivity index (χ0) is 11.4. The number of hydrogen-bond donors (Lipinski definition) is 2. The number of rotatable bonds is 5. The van der Waals surface area contributed by atoms with Gasteiger partial charge in [0.2, 0.25) is 0 Å². The molecule has 0 saturated carbocycles. The van der Waals surface area contributed by atoms with Crippen LogP contribution in [0.2, 0.25) is 0 Å². The number of ether oxygens (including phenoxy) is 1. The van der Waals surface area contributed by atoms with Crippen molar-refractivity contribution in [3.05, 3.63) is 35.6 Å². The third-order valence-electron chi connectivity index (χ3n) is 2.89. The van der Waals surface area contributed by atoms with Crippen molar-refractivity contribution in [3.8, 4) is 0 Å². The normalized spacial score (nSPS) is 18.1. The van der Waals surface area contributed by atoms with Crippen LogP contribution in [-0.2, 0) is 11.3 Å². The third kappa shape index (κ3) is 2.58. The Hall–Kier alpha value is -0.970. The SMILES string of the molecule is OCC1(CNCc2ccc(F)cc2)COC1. The van der Waals surface area contributed by atoms with Crippen molar-refractivity contribution in [3.63, 3.8) is 0 Å². The second kappa shape index (κ2) is 4.91. The molecule has 1 aliphatic rings. The first-order valence-corrected chi connectivity index (χ1v) is 5.38. The molecular weight excluding hydrogens is 209 g/mol. The van der Waals surface area contributed by atoms with Gasteiger partial charge in [-0.2, -0.15) is 0 Å². The van der Waals surface area contributed by atoms with Gasteiger partial charge in [0, 0.05) is 13.1 Å². The van der Waals surface area contributed by atoms with E-state index in [1.807, 2.05) is 0 Å². The van der Waals surface area contributed by atoms with Crippen molar-refractivity contribution in [2.45, 2.75) is 6.54 Å². The highest BCUT2D eigenvalue weighted by Gasteiger charge is 2.37. The Morgan fingerprint density at radius 2 is 2.00 bits per heavy atom. The number of hydrogen-bond acceptors (Lipinski definition) is 3. The Bertz CT molecular complexity index is 330. The van der Waals surface area contributed by atoms with Crippen LogP contribution >= 0.6 is 0 Å². The van der Waals surface area contributed by atoms with E-state index in [0.29, 0.717) is 19.8 Å². The highest BCUT2D eigenvalue weighted by atomic mass is 19.1. The number of aliphatic hydroxyl groups is 1. The summed E-state index contributed by atoms with van der Waals surface area (Å²) in [5, 5.41) is 12.5. The molecule has 1 saturated heterocycles. The summed E-state index contributed by atoms with van der Waals surface area (Å²) < 4.78 is 17.7. The van der Waals surface area contributed by atoms with Crippen molar-refractivity contribution in [1.29, 1.82) is 0 Å². The van der Waals surface area contributed by atoms with E-state index >= 15 is 0 Å². The molecule has 1 fully saturated rings. The molecule has 1 aliphatic heterocycles. The monoisotopic (exact) mass is 225 g/mol. The fraction of sp³-hybridized carbons (Fsp3) is 0.500. The minimum Gasteiger partial charge on any atom is -0.396 e. The molecule has 0 bridgehead atoms.